The molecular weight excluding hydrogens is 404 g/mol. The Kier molecular flexibility index (Phi) is 4.65. The van der Waals surface area contributed by atoms with E-state index in [4.69, 9.17) is 18.9 Å². The highest BCUT2D eigenvalue weighted by molar-refractivity contribution is 5.73. The average Bonchev–Trinajstić information content (AvgIpc) is 3.35. The maximum Gasteiger partial charge on any atom is 0.308 e. The molecule has 2 saturated carbocycles. The number of hydrogen-bond acceptors (Lipinski definition) is 5. The fraction of sp³-hybridized carbons (Fsp3) is 0.741. The van der Waals surface area contributed by atoms with Crippen molar-refractivity contribution in [2.45, 2.75) is 89.3 Å². The SMILES string of the molecule is C[C@H]1CC[C@H]2[C@]3(C)CO[C@H](c4ccccc4)O[C@@H]3CC[C@]2(C)[C@]12CC[C@]1(COC(=O)C1)O2. The molecule has 0 aromatic heterocycles. The van der Waals surface area contributed by atoms with Crippen molar-refractivity contribution in [2.75, 3.05) is 13.2 Å². The Labute approximate surface area is 191 Å². The van der Waals surface area contributed by atoms with Gasteiger partial charge < -0.3 is 18.9 Å². The quantitative estimate of drug-likeness (QED) is 0.563. The fourth-order valence-electron chi connectivity index (χ4n) is 8.35. The van der Waals surface area contributed by atoms with Crippen molar-refractivity contribution in [3.63, 3.8) is 0 Å². The topological polar surface area (TPSA) is 54.0 Å². The van der Waals surface area contributed by atoms with Crippen molar-refractivity contribution in [2.24, 2.45) is 22.7 Å². The van der Waals surface area contributed by atoms with Crippen molar-refractivity contribution in [1.29, 1.82) is 0 Å². The molecule has 1 aromatic carbocycles. The molecule has 5 fully saturated rings. The van der Waals surface area contributed by atoms with E-state index in [1.807, 2.05) is 18.2 Å². The third-order valence-corrected chi connectivity index (χ3v) is 10.1. The van der Waals surface area contributed by atoms with Crippen molar-refractivity contribution >= 4 is 5.97 Å². The van der Waals surface area contributed by atoms with Crippen LogP contribution in [0.2, 0.25) is 0 Å². The number of esters is 1. The fourth-order valence-corrected chi connectivity index (χ4v) is 8.35. The molecule has 2 aliphatic carbocycles. The number of fused-ring (bicyclic) bond motifs is 4. The lowest BCUT2D eigenvalue weighted by Crippen LogP contribution is -2.67. The average molecular weight is 441 g/mol. The summed E-state index contributed by atoms with van der Waals surface area (Å²) >= 11 is 0. The zero-order valence-corrected chi connectivity index (χ0v) is 19.6. The number of carbonyl (C=O) groups excluding carboxylic acids is 1. The van der Waals surface area contributed by atoms with Gasteiger partial charge in [0.2, 0.25) is 0 Å². The van der Waals surface area contributed by atoms with Crippen LogP contribution >= 0.6 is 0 Å². The lowest BCUT2D eigenvalue weighted by molar-refractivity contribution is -0.331. The molecule has 8 atom stereocenters. The van der Waals surface area contributed by atoms with E-state index >= 15 is 0 Å². The molecule has 5 aliphatic rings. The van der Waals surface area contributed by atoms with E-state index < -0.39 is 5.60 Å². The zero-order chi connectivity index (χ0) is 22.2. The van der Waals surface area contributed by atoms with Crippen LogP contribution in [0.3, 0.4) is 0 Å². The minimum atomic E-state index is -0.411. The number of cyclic esters (lactones) is 1. The minimum absolute atomic E-state index is 0.0352. The van der Waals surface area contributed by atoms with Crippen LogP contribution in [0, 0.1) is 22.7 Å². The first-order chi connectivity index (χ1) is 15.3. The van der Waals surface area contributed by atoms with Crippen LogP contribution in [-0.2, 0) is 23.7 Å². The number of rotatable bonds is 1. The van der Waals surface area contributed by atoms with Crippen molar-refractivity contribution in [3.8, 4) is 0 Å². The molecule has 3 saturated heterocycles. The van der Waals surface area contributed by atoms with E-state index in [0.29, 0.717) is 31.5 Å². The number of ether oxygens (including phenoxy) is 4. The summed E-state index contributed by atoms with van der Waals surface area (Å²) in [7, 11) is 0. The van der Waals surface area contributed by atoms with Crippen molar-refractivity contribution in [3.05, 3.63) is 35.9 Å². The van der Waals surface area contributed by atoms with Crippen LogP contribution in [0.5, 0.6) is 0 Å². The first-order valence-corrected chi connectivity index (χ1v) is 12.5. The molecule has 0 amide bonds. The molecule has 0 bridgehead atoms. The van der Waals surface area contributed by atoms with Gasteiger partial charge in [0.25, 0.3) is 0 Å². The lowest BCUT2D eigenvalue weighted by Gasteiger charge is -2.66. The molecule has 6 rings (SSSR count). The zero-order valence-electron chi connectivity index (χ0n) is 19.6. The molecule has 3 aliphatic heterocycles. The van der Waals surface area contributed by atoms with Crippen LogP contribution in [-0.4, -0.2) is 36.5 Å². The maximum absolute atomic E-state index is 12.0. The van der Waals surface area contributed by atoms with Gasteiger partial charge in [0.1, 0.15) is 12.2 Å². The van der Waals surface area contributed by atoms with Gasteiger partial charge in [-0.25, -0.2) is 0 Å². The van der Waals surface area contributed by atoms with E-state index in [0.717, 1.165) is 37.7 Å². The molecule has 174 valence electrons. The van der Waals surface area contributed by atoms with Crippen LogP contribution < -0.4 is 0 Å². The van der Waals surface area contributed by atoms with Gasteiger partial charge in [0.15, 0.2) is 6.29 Å². The summed E-state index contributed by atoms with van der Waals surface area (Å²) in [6, 6.07) is 10.3. The molecule has 0 radical (unpaired) electrons. The predicted octanol–water partition coefficient (Wildman–Crippen LogP) is 5.19. The Bertz CT molecular complexity index is 903. The third kappa shape index (κ3) is 2.77. The summed E-state index contributed by atoms with van der Waals surface area (Å²) in [5.74, 6) is 0.834. The summed E-state index contributed by atoms with van der Waals surface area (Å²) in [6.45, 7) is 8.36. The minimum Gasteiger partial charge on any atom is -0.463 e. The van der Waals surface area contributed by atoms with Gasteiger partial charge in [0.05, 0.1) is 24.7 Å². The van der Waals surface area contributed by atoms with Crippen molar-refractivity contribution < 1.29 is 23.7 Å². The number of hydrogen-bond donors (Lipinski definition) is 0. The standard InChI is InChI=1S/C27H36O5/c1-18-9-10-20-24(2)16-30-23(19-7-5-4-6-8-19)31-21(24)11-12-25(20,3)27(18)14-13-26(32-27)15-22(28)29-17-26/h4-8,18,20-21,23H,9-17H2,1-3H3/t18-,20-,21+,23-,24-,25-,26-,27-/m0/s1. The second-order valence-electron chi connectivity index (χ2n) is 11.7. The maximum atomic E-state index is 12.0. The predicted molar refractivity (Wildman–Crippen MR) is 119 cm³/mol. The van der Waals surface area contributed by atoms with Crippen LogP contribution in [0.25, 0.3) is 0 Å². The first kappa shape index (κ1) is 21.1. The normalized spacial score (nSPS) is 50.3. The summed E-state index contributed by atoms with van der Waals surface area (Å²) in [4.78, 5) is 12.0. The van der Waals surface area contributed by atoms with Gasteiger partial charge in [-0.3, -0.25) is 4.79 Å². The van der Waals surface area contributed by atoms with E-state index in [-0.39, 0.29) is 34.8 Å². The van der Waals surface area contributed by atoms with Crippen LogP contribution in [0.4, 0.5) is 0 Å². The van der Waals surface area contributed by atoms with Crippen LogP contribution in [0.15, 0.2) is 30.3 Å². The Balaban J connectivity index is 1.30. The highest BCUT2D eigenvalue weighted by atomic mass is 16.7. The molecule has 5 nitrogen and oxygen atoms in total. The van der Waals surface area contributed by atoms with E-state index in [2.05, 4.69) is 32.9 Å². The monoisotopic (exact) mass is 440 g/mol. The highest BCUT2D eigenvalue weighted by Crippen LogP contribution is 2.69. The summed E-state index contributed by atoms with van der Waals surface area (Å²) in [5.41, 5.74) is 0.493. The molecule has 32 heavy (non-hydrogen) atoms. The Morgan fingerprint density at radius 1 is 0.969 bits per heavy atom. The molecule has 5 heteroatoms. The largest absolute Gasteiger partial charge is 0.463 e. The van der Waals surface area contributed by atoms with Gasteiger partial charge >= 0.3 is 5.97 Å². The highest BCUT2D eigenvalue weighted by Gasteiger charge is 2.70. The second-order valence-corrected chi connectivity index (χ2v) is 11.7. The molecule has 0 N–H and O–H groups in total. The van der Waals surface area contributed by atoms with Gasteiger partial charge in [-0.1, -0.05) is 51.1 Å². The van der Waals surface area contributed by atoms with E-state index in [1.165, 1.54) is 6.42 Å². The summed E-state index contributed by atoms with van der Waals surface area (Å²) < 4.78 is 25.5. The third-order valence-electron chi connectivity index (χ3n) is 10.1. The van der Waals surface area contributed by atoms with Gasteiger partial charge in [-0.2, -0.15) is 0 Å². The lowest BCUT2D eigenvalue weighted by atomic mass is 9.43. The Morgan fingerprint density at radius 3 is 2.53 bits per heavy atom. The van der Waals surface area contributed by atoms with Crippen molar-refractivity contribution in [1.82, 2.24) is 0 Å². The first-order valence-electron chi connectivity index (χ1n) is 12.5. The number of carbonyl (C=O) groups is 1. The number of benzene rings is 1. The van der Waals surface area contributed by atoms with Gasteiger partial charge in [-0.05, 0) is 50.4 Å². The Hall–Kier alpha value is -1.43. The molecule has 1 aromatic rings. The molecule has 3 heterocycles. The molecule has 2 spiro atoms. The van der Waals surface area contributed by atoms with Crippen LogP contribution in [0.1, 0.15) is 77.6 Å². The Morgan fingerprint density at radius 2 is 1.78 bits per heavy atom. The smallest absolute Gasteiger partial charge is 0.308 e. The van der Waals surface area contributed by atoms with Gasteiger partial charge in [-0.15, -0.1) is 0 Å². The molecule has 0 unspecified atom stereocenters. The van der Waals surface area contributed by atoms with Gasteiger partial charge in [0, 0.05) is 16.4 Å². The second kappa shape index (κ2) is 7.04. The molecular formula is C27H36O5. The van der Waals surface area contributed by atoms with E-state index in [1.54, 1.807) is 0 Å². The summed E-state index contributed by atoms with van der Waals surface area (Å²) in [5, 5.41) is 0. The van der Waals surface area contributed by atoms with E-state index in [9.17, 15) is 4.79 Å². The summed E-state index contributed by atoms with van der Waals surface area (Å²) in [6.07, 6.45) is 6.72.